The van der Waals surface area contributed by atoms with Gasteiger partial charge in [0.2, 0.25) is 0 Å². The van der Waals surface area contributed by atoms with Crippen molar-refractivity contribution in [3.05, 3.63) is 64.5 Å². The lowest BCUT2D eigenvalue weighted by Gasteiger charge is -2.05. The molecule has 3 rings (SSSR count). The molecule has 0 atom stereocenters. The lowest BCUT2D eigenvalue weighted by molar-refractivity contribution is -0.143. The maximum Gasteiger partial charge on any atom is 0.326 e. The Labute approximate surface area is 157 Å². The van der Waals surface area contributed by atoms with Gasteiger partial charge in [-0.25, -0.2) is 8.78 Å². The molecule has 140 valence electrons. The molecule has 1 heterocycles. The monoisotopic (exact) mass is 390 g/mol. The molecular weight excluding hydrogens is 374 g/mol. The second-order valence-electron chi connectivity index (χ2n) is 5.67. The topological polar surface area (TPSA) is 60.7 Å². The number of halogens is 2. The Morgan fingerprint density at radius 2 is 1.89 bits per heavy atom. The standard InChI is InChI=1S/C19H16F2N2O3S/c1-2-26-17(25)11-23-18-14(21)4-3-5-15(18)27-19(23)22-16(24)10-12-6-8-13(20)9-7-12/h3-9H,2,10-11H2,1H3. The summed E-state index contributed by atoms with van der Waals surface area (Å²) in [5.74, 6) is -1.94. The first kappa shape index (κ1) is 18.9. The van der Waals surface area contributed by atoms with Crippen LogP contribution in [0.1, 0.15) is 12.5 Å². The Bertz CT molecular complexity index is 1050. The number of esters is 1. The number of aromatic nitrogens is 1. The smallest absolute Gasteiger partial charge is 0.326 e. The molecule has 0 unspecified atom stereocenters. The maximum absolute atomic E-state index is 14.3. The van der Waals surface area contributed by atoms with Crippen molar-refractivity contribution in [2.75, 3.05) is 6.61 Å². The average Bonchev–Trinajstić information content (AvgIpc) is 2.95. The number of benzene rings is 2. The summed E-state index contributed by atoms with van der Waals surface area (Å²) in [5.41, 5.74) is 0.804. The Balaban J connectivity index is 2.00. The zero-order valence-corrected chi connectivity index (χ0v) is 15.3. The molecule has 0 fully saturated rings. The van der Waals surface area contributed by atoms with E-state index in [4.69, 9.17) is 4.74 Å². The highest BCUT2D eigenvalue weighted by Gasteiger charge is 2.15. The summed E-state index contributed by atoms with van der Waals surface area (Å²) in [7, 11) is 0. The lowest BCUT2D eigenvalue weighted by Crippen LogP contribution is -2.23. The van der Waals surface area contributed by atoms with Gasteiger partial charge in [-0.15, -0.1) is 0 Å². The predicted molar refractivity (Wildman–Crippen MR) is 97.1 cm³/mol. The van der Waals surface area contributed by atoms with E-state index in [0.717, 1.165) is 11.3 Å². The van der Waals surface area contributed by atoms with Gasteiger partial charge in [0.25, 0.3) is 5.91 Å². The van der Waals surface area contributed by atoms with Gasteiger partial charge in [-0.1, -0.05) is 29.5 Å². The second-order valence-corrected chi connectivity index (χ2v) is 6.68. The molecule has 0 bridgehead atoms. The van der Waals surface area contributed by atoms with Gasteiger partial charge in [0.05, 0.1) is 23.2 Å². The predicted octanol–water partition coefficient (Wildman–Crippen LogP) is 3.21. The molecule has 0 aliphatic rings. The van der Waals surface area contributed by atoms with Gasteiger partial charge >= 0.3 is 5.97 Å². The summed E-state index contributed by atoms with van der Waals surface area (Å²) in [6, 6.07) is 10.0. The second kappa shape index (κ2) is 8.22. The molecule has 1 aromatic heterocycles. The van der Waals surface area contributed by atoms with Crippen LogP contribution < -0.4 is 4.80 Å². The van der Waals surface area contributed by atoms with Crippen molar-refractivity contribution in [3.63, 3.8) is 0 Å². The van der Waals surface area contributed by atoms with Crippen LogP contribution in [-0.4, -0.2) is 23.1 Å². The number of nitrogens with zero attached hydrogens (tertiary/aromatic N) is 2. The van der Waals surface area contributed by atoms with Gasteiger partial charge in [-0.2, -0.15) is 4.99 Å². The highest BCUT2D eigenvalue weighted by molar-refractivity contribution is 7.16. The van der Waals surface area contributed by atoms with Crippen molar-refractivity contribution in [2.24, 2.45) is 4.99 Å². The summed E-state index contributed by atoms with van der Waals surface area (Å²) in [4.78, 5) is 28.5. The molecule has 0 saturated heterocycles. The number of hydrogen-bond acceptors (Lipinski definition) is 4. The maximum atomic E-state index is 14.3. The first-order valence-corrected chi connectivity index (χ1v) is 9.05. The van der Waals surface area contributed by atoms with Gasteiger partial charge in [0, 0.05) is 0 Å². The van der Waals surface area contributed by atoms with Gasteiger partial charge in [0.1, 0.15) is 18.2 Å². The molecule has 27 heavy (non-hydrogen) atoms. The van der Waals surface area contributed by atoms with Crippen LogP contribution in [0.2, 0.25) is 0 Å². The molecule has 2 aromatic carbocycles. The van der Waals surface area contributed by atoms with Crippen molar-refractivity contribution >= 4 is 33.4 Å². The van der Waals surface area contributed by atoms with Crippen molar-refractivity contribution in [1.29, 1.82) is 0 Å². The summed E-state index contributed by atoms with van der Waals surface area (Å²) < 4.78 is 34.1. The Hall–Kier alpha value is -2.87. The molecule has 5 nitrogen and oxygen atoms in total. The Morgan fingerprint density at radius 3 is 2.59 bits per heavy atom. The van der Waals surface area contributed by atoms with Gasteiger partial charge < -0.3 is 9.30 Å². The van der Waals surface area contributed by atoms with Crippen LogP contribution >= 0.6 is 11.3 Å². The van der Waals surface area contributed by atoms with E-state index in [0.29, 0.717) is 10.3 Å². The molecule has 0 aliphatic carbocycles. The third-order valence-corrected chi connectivity index (χ3v) is 4.78. The van der Waals surface area contributed by atoms with Crippen molar-refractivity contribution < 1.29 is 23.1 Å². The number of carbonyl (C=O) groups is 2. The van der Waals surface area contributed by atoms with Crippen LogP contribution in [-0.2, 0) is 27.3 Å². The summed E-state index contributed by atoms with van der Waals surface area (Å²) >= 11 is 1.11. The zero-order valence-electron chi connectivity index (χ0n) is 14.4. The number of para-hydroxylation sites is 1. The molecule has 0 N–H and O–H groups in total. The average molecular weight is 390 g/mol. The molecule has 0 aliphatic heterocycles. The third-order valence-electron chi connectivity index (χ3n) is 3.73. The van der Waals surface area contributed by atoms with Crippen LogP contribution in [0.15, 0.2) is 47.5 Å². The van der Waals surface area contributed by atoms with Crippen LogP contribution in [0.3, 0.4) is 0 Å². The van der Waals surface area contributed by atoms with Gasteiger partial charge in [-0.05, 0) is 36.8 Å². The first-order valence-electron chi connectivity index (χ1n) is 8.23. The van der Waals surface area contributed by atoms with Crippen molar-refractivity contribution in [3.8, 4) is 0 Å². The summed E-state index contributed by atoms with van der Waals surface area (Å²) in [6.45, 7) is 1.61. The fraction of sp³-hybridized carbons (Fsp3) is 0.211. The summed E-state index contributed by atoms with van der Waals surface area (Å²) in [6.07, 6.45) is -0.0313. The fourth-order valence-corrected chi connectivity index (χ4v) is 3.64. The fourth-order valence-electron chi connectivity index (χ4n) is 2.58. The SMILES string of the molecule is CCOC(=O)Cn1c(=NC(=O)Cc2ccc(F)cc2)sc2cccc(F)c21. The summed E-state index contributed by atoms with van der Waals surface area (Å²) in [5, 5.41) is 0. The molecule has 8 heteroatoms. The van der Waals surface area contributed by atoms with Gasteiger partial charge in [0.15, 0.2) is 4.80 Å². The molecule has 1 amide bonds. The van der Waals surface area contributed by atoms with E-state index >= 15 is 0 Å². The van der Waals surface area contributed by atoms with E-state index in [9.17, 15) is 18.4 Å². The molecule has 0 radical (unpaired) electrons. The van der Waals surface area contributed by atoms with Crippen LogP contribution in [0.4, 0.5) is 8.78 Å². The highest BCUT2D eigenvalue weighted by Crippen LogP contribution is 2.20. The minimum Gasteiger partial charge on any atom is -0.465 e. The number of thiazole rings is 1. The van der Waals surface area contributed by atoms with Gasteiger partial charge in [-0.3, -0.25) is 9.59 Å². The van der Waals surface area contributed by atoms with E-state index < -0.39 is 23.5 Å². The quantitative estimate of drug-likeness (QED) is 0.629. The van der Waals surface area contributed by atoms with Crippen LogP contribution in [0.5, 0.6) is 0 Å². The molecule has 3 aromatic rings. The Morgan fingerprint density at radius 1 is 1.15 bits per heavy atom. The number of carbonyl (C=O) groups excluding carboxylic acids is 2. The van der Waals surface area contributed by atoms with E-state index in [1.165, 1.54) is 34.9 Å². The third kappa shape index (κ3) is 4.46. The van der Waals surface area contributed by atoms with Crippen molar-refractivity contribution in [1.82, 2.24) is 4.57 Å². The number of amides is 1. The van der Waals surface area contributed by atoms with E-state index in [1.807, 2.05) is 0 Å². The van der Waals surface area contributed by atoms with Crippen molar-refractivity contribution in [2.45, 2.75) is 19.9 Å². The van der Waals surface area contributed by atoms with E-state index in [1.54, 1.807) is 19.1 Å². The number of ether oxygens (including phenoxy) is 1. The largest absolute Gasteiger partial charge is 0.465 e. The number of rotatable bonds is 5. The molecule has 0 saturated carbocycles. The highest BCUT2D eigenvalue weighted by atomic mass is 32.1. The number of hydrogen-bond donors (Lipinski definition) is 0. The normalized spacial score (nSPS) is 11.7. The zero-order chi connectivity index (χ0) is 19.4. The minimum atomic E-state index is -0.548. The lowest BCUT2D eigenvalue weighted by atomic mass is 10.1. The number of fused-ring (bicyclic) bond motifs is 1. The Kier molecular flexibility index (Phi) is 5.75. The first-order chi connectivity index (χ1) is 13.0. The van der Waals surface area contributed by atoms with E-state index in [2.05, 4.69) is 4.99 Å². The van der Waals surface area contributed by atoms with Crippen LogP contribution in [0.25, 0.3) is 10.2 Å². The minimum absolute atomic E-state index is 0.0313. The van der Waals surface area contributed by atoms with E-state index in [-0.39, 0.29) is 29.9 Å². The molecule has 0 spiro atoms. The molecular formula is C19H16F2N2O3S. The van der Waals surface area contributed by atoms with Crippen LogP contribution in [0, 0.1) is 11.6 Å².